The molecule has 0 saturated carbocycles. The van der Waals surface area contributed by atoms with E-state index in [4.69, 9.17) is 15.2 Å². The van der Waals surface area contributed by atoms with Gasteiger partial charge in [0, 0.05) is 25.0 Å². The molecule has 0 unspecified atom stereocenters. The highest BCUT2D eigenvalue weighted by atomic mass is 31.1. The maximum Gasteiger partial charge on any atom is 0.407 e. The van der Waals surface area contributed by atoms with Gasteiger partial charge in [0.25, 0.3) is 0 Å². The third kappa shape index (κ3) is 11.6. The van der Waals surface area contributed by atoms with Gasteiger partial charge in [-0.2, -0.15) is 0 Å². The predicted molar refractivity (Wildman–Crippen MR) is 184 cm³/mol. The monoisotopic (exact) mass is 637 g/mol. The van der Waals surface area contributed by atoms with Crippen molar-refractivity contribution in [1.29, 1.82) is 0 Å². The van der Waals surface area contributed by atoms with Crippen LogP contribution in [0.2, 0.25) is 0 Å². The number of hydrogen-bond acceptors (Lipinski definition) is 6. The molecule has 8 nitrogen and oxygen atoms in total. The maximum absolute atomic E-state index is 13.7. The van der Waals surface area contributed by atoms with Crippen LogP contribution in [0.15, 0.2) is 53.5 Å². The van der Waals surface area contributed by atoms with E-state index >= 15 is 0 Å². The molecule has 0 heterocycles. The summed E-state index contributed by atoms with van der Waals surface area (Å²) < 4.78 is 11.3. The average molecular weight is 638 g/mol. The molecule has 0 bridgehead atoms. The predicted octanol–water partition coefficient (Wildman–Crippen LogP) is 6.98. The molecule has 2 atom stereocenters. The van der Waals surface area contributed by atoms with Crippen molar-refractivity contribution in [1.82, 2.24) is 5.32 Å². The van der Waals surface area contributed by atoms with Gasteiger partial charge < -0.3 is 20.5 Å². The highest BCUT2D eigenvalue weighted by molar-refractivity contribution is 7.57. The first-order chi connectivity index (χ1) is 21.5. The summed E-state index contributed by atoms with van der Waals surface area (Å²) in [5.41, 5.74) is 10.6. The number of ketones is 1. The normalized spacial score (nSPS) is 14.3. The summed E-state index contributed by atoms with van der Waals surface area (Å²) >= 11 is 0. The molecular weight excluding hydrogens is 585 g/mol. The number of aliphatic imine (C=N–C) groups is 1. The van der Waals surface area contributed by atoms with E-state index in [1.54, 1.807) is 0 Å². The van der Waals surface area contributed by atoms with Gasteiger partial charge in [-0.05, 0) is 73.1 Å². The zero-order valence-electron chi connectivity index (χ0n) is 27.9. The summed E-state index contributed by atoms with van der Waals surface area (Å²) in [6.07, 6.45) is 2.33. The molecule has 9 heteroatoms. The Morgan fingerprint density at radius 3 is 2.11 bits per heavy atom. The summed E-state index contributed by atoms with van der Waals surface area (Å²) in [6.45, 7) is 13.4. The van der Waals surface area contributed by atoms with Crippen LogP contribution >= 0.6 is 7.92 Å². The molecule has 246 valence electrons. The molecule has 2 aromatic rings. The fourth-order valence-corrected chi connectivity index (χ4v) is 6.47. The van der Waals surface area contributed by atoms with Crippen LogP contribution in [0, 0.1) is 17.8 Å². The van der Waals surface area contributed by atoms with Gasteiger partial charge >= 0.3 is 12.1 Å². The minimum Gasteiger partial charge on any atom is -0.465 e. The lowest BCUT2D eigenvalue weighted by molar-refractivity contribution is -0.151. The van der Waals surface area contributed by atoms with Crippen LogP contribution in [-0.2, 0) is 19.1 Å². The Labute approximate surface area is 270 Å². The van der Waals surface area contributed by atoms with Gasteiger partial charge in [-0.15, -0.1) is 7.92 Å². The second-order valence-corrected chi connectivity index (χ2v) is 15.6. The van der Waals surface area contributed by atoms with Gasteiger partial charge in [-0.1, -0.05) is 76.2 Å². The van der Waals surface area contributed by atoms with Gasteiger partial charge in [-0.25, -0.2) is 4.79 Å². The Morgan fingerprint density at radius 1 is 0.911 bits per heavy atom. The third-order valence-corrected chi connectivity index (χ3v) is 8.90. The Kier molecular flexibility index (Phi) is 14.5. The Bertz CT molecular complexity index is 1260. The summed E-state index contributed by atoms with van der Waals surface area (Å²) in [5.74, 6) is -0.00413. The second-order valence-electron chi connectivity index (χ2n) is 13.1. The second kappa shape index (κ2) is 18.0. The summed E-state index contributed by atoms with van der Waals surface area (Å²) in [4.78, 5) is 44.3. The molecule has 1 amide bonds. The molecule has 1 aliphatic rings. The van der Waals surface area contributed by atoms with E-state index in [0.29, 0.717) is 44.2 Å². The molecule has 0 fully saturated rings. The first-order valence-electron chi connectivity index (χ1n) is 16.2. The summed E-state index contributed by atoms with van der Waals surface area (Å²) in [5, 5.41) is 2.83. The third-order valence-electron chi connectivity index (χ3n) is 7.94. The number of benzene rings is 2. The van der Waals surface area contributed by atoms with Crippen LogP contribution in [-0.4, -0.2) is 69.0 Å². The molecule has 0 aliphatic heterocycles. The number of amidine groups is 1. The van der Waals surface area contributed by atoms with E-state index in [-0.39, 0.29) is 44.5 Å². The van der Waals surface area contributed by atoms with Gasteiger partial charge in [0.2, 0.25) is 0 Å². The number of amides is 1. The fraction of sp³-hybridized carbons (Fsp3) is 0.556. The number of alkyl carbamates (subject to hydrolysis) is 1. The largest absolute Gasteiger partial charge is 0.465 e. The van der Waals surface area contributed by atoms with Crippen LogP contribution in [0.25, 0.3) is 11.1 Å². The lowest BCUT2D eigenvalue weighted by Gasteiger charge is -2.22. The summed E-state index contributed by atoms with van der Waals surface area (Å²) in [7, 11) is -0.195. The number of ether oxygens (including phenoxy) is 2. The number of nitrogens with two attached hydrogens (primary N) is 1. The highest BCUT2D eigenvalue weighted by Gasteiger charge is 2.31. The van der Waals surface area contributed by atoms with Crippen molar-refractivity contribution in [3.63, 3.8) is 0 Å². The van der Waals surface area contributed by atoms with E-state index in [1.807, 2.05) is 38.1 Å². The standard InChI is InChI=1S/C36H52N3O5P/c1-24(2)17-19-43-35(41)26(20-25(3)4)21-33(40)32(16-11-18-38-34(37)23-45(5)6)39-36(42)44-22-31-29-14-9-7-12-27(29)28-13-8-10-15-30(28)31/h7-10,12-15,24-26,31-32H,11,16-23H2,1-6H3,(H2,37,38)(H,39,42)/t26-,32-/m1/s1. The first-order valence-corrected chi connectivity index (χ1v) is 18.6. The van der Waals surface area contributed by atoms with Crippen LogP contribution < -0.4 is 11.1 Å². The van der Waals surface area contributed by atoms with Gasteiger partial charge in [-0.3, -0.25) is 14.6 Å². The number of nitrogens with one attached hydrogen (secondary N) is 1. The molecule has 0 radical (unpaired) electrons. The Balaban J connectivity index is 1.69. The molecule has 2 aromatic carbocycles. The van der Waals surface area contributed by atoms with Crippen molar-refractivity contribution >= 4 is 31.6 Å². The van der Waals surface area contributed by atoms with Gasteiger partial charge in [0.1, 0.15) is 6.61 Å². The zero-order chi connectivity index (χ0) is 32.9. The van der Waals surface area contributed by atoms with Gasteiger partial charge in [0.15, 0.2) is 5.78 Å². The molecule has 45 heavy (non-hydrogen) atoms. The minimum atomic E-state index is -0.815. The van der Waals surface area contributed by atoms with E-state index in [9.17, 15) is 14.4 Å². The highest BCUT2D eigenvalue weighted by Crippen LogP contribution is 2.44. The average Bonchev–Trinajstić information content (AvgIpc) is 3.30. The number of rotatable bonds is 18. The Morgan fingerprint density at radius 2 is 1.53 bits per heavy atom. The van der Waals surface area contributed by atoms with Crippen LogP contribution in [0.1, 0.15) is 76.8 Å². The van der Waals surface area contributed by atoms with E-state index in [1.165, 1.54) is 0 Å². The van der Waals surface area contributed by atoms with E-state index in [0.717, 1.165) is 34.8 Å². The van der Waals surface area contributed by atoms with Crippen LogP contribution in [0.3, 0.4) is 0 Å². The minimum absolute atomic E-state index is 0.00557. The first kappa shape index (κ1) is 36.2. The number of nitrogens with zero attached hydrogens (tertiary/aromatic N) is 1. The summed E-state index contributed by atoms with van der Waals surface area (Å²) in [6, 6.07) is 15.5. The fourth-order valence-electron chi connectivity index (χ4n) is 5.72. The lowest BCUT2D eigenvalue weighted by atomic mass is 9.89. The number of fused-ring (bicyclic) bond motifs is 3. The Hall–Kier alpha value is -3.25. The molecule has 0 spiro atoms. The van der Waals surface area contributed by atoms with Crippen molar-refractivity contribution in [2.75, 3.05) is 39.3 Å². The van der Waals surface area contributed by atoms with Crippen molar-refractivity contribution < 1.29 is 23.9 Å². The molecule has 0 saturated heterocycles. The molecular formula is C36H52N3O5P. The van der Waals surface area contributed by atoms with Crippen molar-refractivity contribution in [3.05, 3.63) is 59.7 Å². The zero-order valence-corrected chi connectivity index (χ0v) is 28.8. The molecule has 3 rings (SSSR count). The van der Waals surface area contributed by atoms with Gasteiger partial charge in [0.05, 0.1) is 24.4 Å². The molecule has 3 N–H and O–H groups in total. The maximum atomic E-state index is 13.7. The smallest absolute Gasteiger partial charge is 0.407 e. The SMILES string of the molecule is CC(C)CCOC(=O)[C@@H](CC(=O)[C@@H](CCCN=C(N)CP(C)C)NC(=O)OCC1c2ccccc2-c2ccccc21)CC(C)C. The topological polar surface area (TPSA) is 120 Å². The number of carbonyl (C=O) groups is 3. The van der Waals surface area contributed by atoms with Crippen molar-refractivity contribution in [2.24, 2.45) is 28.5 Å². The lowest BCUT2D eigenvalue weighted by Crippen LogP contribution is -2.43. The quantitative estimate of drug-likeness (QED) is 0.0598. The molecule has 0 aromatic heterocycles. The number of carbonyl (C=O) groups excluding carboxylic acids is 3. The molecule has 1 aliphatic carbocycles. The van der Waals surface area contributed by atoms with Crippen LogP contribution in [0.4, 0.5) is 4.79 Å². The van der Waals surface area contributed by atoms with E-state index in [2.05, 4.69) is 61.8 Å². The van der Waals surface area contributed by atoms with Crippen molar-refractivity contribution in [3.8, 4) is 11.1 Å². The van der Waals surface area contributed by atoms with Crippen LogP contribution in [0.5, 0.6) is 0 Å². The number of hydrogen-bond donors (Lipinski definition) is 2. The van der Waals surface area contributed by atoms with E-state index < -0.39 is 18.1 Å². The number of esters is 1. The number of Topliss-reactive ketones (excluding diaryl/α,β-unsaturated/α-hetero) is 1. The van der Waals surface area contributed by atoms with Crippen molar-refractivity contribution in [2.45, 2.75) is 71.8 Å².